The lowest BCUT2D eigenvalue weighted by Crippen LogP contribution is -2.40. The number of nitrogens with two attached hydrogens (primary N) is 1. The number of methoxy groups -OCH3 is 1. The first-order chi connectivity index (χ1) is 16.8. The number of rotatable bonds is 7. The summed E-state index contributed by atoms with van der Waals surface area (Å²) in [4.78, 5) is 24.5. The average Bonchev–Trinajstić information content (AvgIpc) is 2.77. The quantitative estimate of drug-likeness (QED) is 0.237. The van der Waals surface area contributed by atoms with E-state index >= 15 is 0 Å². The van der Waals surface area contributed by atoms with Crippen LogP contribution in [0.5, 0.6) is 23.0 Å². The van der Waals surface area contributed by atoms with Crippen LogP contribution in [-0.4, -0.2) is 30.5 Å². The fourth-order valence-electron chi connectivity index (χ4n) is 3.02. The summed E-state index contributed by atoms with van der Waals surface area (Å²) in [5, 5.41) is 11.7. The number of carbonyl (C=O) groups is 2. The number of hydrogen-bond acceptors (Lipinski definition) is 6. The Hall–Kier alpha value is -4.26. The maximum atomic E-state index is 15.0. The standard InChI is InChI=1S/C22H16ClF4N3O6/c1-10-9-30(33)14(20(28)31)8-13(10)29-21(32)18-16(6-4-12(23)19(18)24)35-15-5-3-11(7-17(15)34-2)36-22(25,26)27/h3-9,33H,1-2H3,(H2,28,31)/p+1. The molecular weight excluding hydrogens is 514 g/mol. The molecular formula is C22H17ClF4N3O6+. The summed E-state index contributed by atoms with van der Waals surface area (Å²) in [6, 6.07) is 6.21. The number of nitrogens with one attached hydrogen (secondary N) is 1. The molecule has 0 aliphatic rings. The minimum atomic E-state index is -4.95. The number of hydrogen-bond donors (Lipinski definition) is 3. The van der Waals surface area contributed by atoms with E-state index < -0.39 is 40.3 Å². The second-order valence-electron chi connectivity index (χ2n) is 7.12. The summed E-state index contributed by atoms with van der Waals surface area (Å²) in [5.74, 6) is -4.57. The van der Waals surface area contributed by atoms with Crippen LogP contribution in [0.4, 0.5) is 23.2 Å². The number of primary amides is 1. The Kier molecular flexibility index (Phi) is 7.43. The van der Waals surface area contributed by atoms with E-state index in [9.17, 15) is 32.4 Å². The number of pyridine rings is 1. The van der Waals surface area contributed by atoms with Gasteiger partial charge in [-0.3, -0.25) is 14.8 Å². The Balaban J connectivity index is 2.00. The van der Waals surface area contributed by atoms with E-state index in [2.05, 4.69) is 10.1 Å². The van der Waals surface area contributed by atoms with E-state index in [1.54, 1.807) is 0 Å². The van der Waals surface area contributed by atoms with Crippen LogP contribution in [0, 0.1) is 12.7 Å². The number of aromatic nitrogens is 1. The molecule has 3 aromatic rings. The van der Waals surface area contributed by atoms with E-state index in [0.29, 0.717) is 4.73 Å². The number of carbonyl (C=O) groups excluding carboxylic acids is 2. The van der Waals surface area contributed by atoms with Gasteiger partial charge in [-0.05, 0) is 31.2 Å². The van der Waals surface area contributed by atoms with Gasteiger partial charge >= 0.3 is 18.0 Å². The molecule has 0 saturated carbocycles. The van der Waals surface area contributed by atoms with Crippen LogP contribution in [0.25, 0.3) is 0 Å². The van der Waals surface area contributed by atoms with Gasteiger partial charge in [-0.25, -0.2) is 4.39 Å². The molecule has 1 heterocycles. The third kappa shape index (κ3) is 5.86. The molecule has 0 aliphatic carbocycles. The van der Waals surface area contributed by atoms with Crippen molar-refractivity contribution in [1.82, 2.24) is 0 Å². The summed E-state index contributed by atoms with van der Waals surface area (Å²) < 4.78 is 67.4. The highest BCUT2D eigenvalue weighted by molar-refractivity contribution is 6.31. The Morgan fingerprint density at radius 2 is 1.78 bits per heavy atom. The molecule has 190 valence electrons. The predicted octanol–water partition coefficient (Wildman–Crippen LogP) is 4.36. The van der Waals surface area contributed by atoms with Crippen LogP contribution in [0.2, 0.25) is 5.02 Å². The van der Waals surface area contributed by atoms with Crippen molar-refractivity contribution in [2.75, 3.05) is 12.4 Å². The van der Waals surface area contributed by atoms with Crippen LogP contribution in [0.15, 0.2) is 42.6 Å². The molecule has 1 aromatic heterocycles. The Morgan fingerprint density at radius 1 is 1.11 bits per heavy atom. The Morgan fingerprint density at radius 3 is 2.39 bits per heavy atom. The number of benzene rings is 2. The maximum Gasteiger partial charge on any atom is 0.573 e. The highest BCUT2D eigenvalue weighted by Gasteiger charge is 2.32. The number of amides is 2. The molecule has 0 bridgehead atoms. The topological polar surface area (TPSA) is 124 Å². The molecule has 2 amide bonds. The lowest BCUT2D eigenvalue weighted by Gasteiger charge is -2.16. The molecule has 36 heavy (non-hydrogen) atoms. The second-order valence-corrected chi connectivity index (χ2v) is 7.52. The first kappa shape index (κ1) is 26.3. The molecule has 0 spiro atoms. The van der Waals surface area contributed by atoms with E-state index in [1.165, 1.54) is 6.92 Å². The fraction of sp³-hybridized carbons (Fsp3) is 0.136. The highest BCUT2D eigenvalue weighted by Crippen LogP contribution is 2.39. The van der Waals surface area contributed by atoms with E-state index in [4.69, 9.17) is 26.8 Å². The second kappa shape index (κ2) is 10.2. The zero-order valence-corrected chi connectivity index (χ0v) is 19.2. The Bertz CT molecular complexity index is 1350. The van der Waals surface area contributed by atoms with Gasteiger partial charge in [0, 0.05) is 22.4 Å². The van der Waals surface area contributed by atoms with Gasteiger partial charge < -0.3 is 25.3 Å². The summed E-state index contributed by atoms with van der Waals surface area (Å²) in [6.07, 6.45) is -3.85. The van der Waals surface area contributed by atoms with Crippen molar-refractivity contribution < 1.29 is 51.3 Å². The van der Waals surface area contributed by atoms with Crippen LogP contribution in [0.1, 0.15) is 26.4 Å². The van der Waals surface area contributed by atoms with Gasteiger partial charge in [-0.2, -0.15) is 0 Å². The predicted molar refractivity (Wildman–Crippen MR) is 116 cm³/mol. The summed E-state index contributed by atoms with van der Waals surface area (Å²) in [5.41, 5.74) is 4.44. The molecule has 3 rings (SSSR count). The van der Waals surface area contributed by atoms with E-state index in [1.807, 2.05) is 0 Å². The molecule has 0 radical (unpaired) electrons. The van der Waals surface area contributed by atoms with Gasteiger partial charge in [0.05, 0.1) is 17.8 Å². The number of nitrogens with zero attached hydrogens (tertiary/aromatic N) is 1. The first-order valence-corrected chi connectivity index (χ1v) is 10.1. The number of anilines is 1. The van der Waals surface area contributed by atoms with Crippen molar-refractivity contribution in [2.45, 2.75) is 13.3 Å². The van der Waals surface area contributed by atoms with Crippen molar-refractivity contribution in [3.63, 3.8) is 0 Å². The molecule has 0 saturated heterocycles. The first-order valence-electron chi connectivity index (χ1n) is 9.77. The minimum absolute atomic E-state index is 0.00987. The van der Waals surface area contributed by atoms with Crippen LogP contribution in [0.3, 0.4) is 0 Å². The van der Waals surface area contributed by atoms with Gasteiger partial charge in [0.15, 0.2) is 17.3 Å². The fourth-order valence-corrected chi connectivity index (χ4v) is 3.18. The highest BCUT2D eigenvalue weighted by atomic mass is 35.5. The summed E-state index contributed by atoms with van der Waals surface area (Å²) in [7, 11) is 1.15. The SMILES string of the molecule is COc1cc(OC(F)(F)F)ccc1Oc1ccc(Cl)c(F)c1C(=O)Nc1cc(C(N)=O)[n+](O)cc1C. The third-order valence-electron chi connectivity index (χ3n) is 4.64. The minimum Gasteiger partial charge on any atom is -0.493 e. The maximum absolute atomic E-state index is 15.0. The van der Waals surface area contributed by atoms with Crippen molar-refractivity contribution in [1.29, 1.82) is 0 Å². The molecule has 0 atom stereocenters. The van der Waals surface area contributed by atoms with E-state index in [0.717, 1.165) is 49.7 Å². The van der Waals surface area contributed by atoms with Gasteiger partial charge in [-0.1, -0.05) is 11.6 Å². The van der Waals surface area contributed by atoms with Crippen molar-refractivity contribution in [3.8, 4) is 23.0 Å². The van der Waals surface area contributed by atoms with Crippen molar-refractivity contribution in [3.05, 3.63) is 70.3 Å². The van der Waals surface area contributed by atoms with Gasteiger partial charge in [0.25, 0.3) is 5.91 Å². The zero-order chi connectivity index (χ0) is 26.8. The average molecular weight is 531 g/mol. The van der Waals surface area contributed by atoms with Crippen LogP contribution in [-0.2, 0) is 0 Å². The normalized spacial score (nSPS) is 11.1. The molecule has 0 unspecified atom stereocenters. The molecule has 4 N–H and O–H groups in total. The number of aryl methyl sites for hydroxylation is 1. The number of alkyl halides is 3. The van der Waals surface area contributed by atoms with Crippen LogP contribution < -0.4 is 30.0 Å². The zero-order valence-electron chi connectivity index (χ0n) is 18.4. The number of halogens is 5. The smallest absolute Gasteiger partial charge is 0.493 e. The van der Waals surface area contributed by atoms with Gasteiger partial charge in [-0.15, -0.1) is 13.2 Å². The molecule has 2 aromatic carbocycles. The van der Waals surface area contributed by atoms with Crippen LogP contribution >= 0.6 is 11.6 Å². The monoisotopic (exact) mass is 530 g/mol. The lowest BCUT2D eigenvalue weighted by molar-refractivity contribution is -0.906. The summed E-state index contributed by atoms with van der Waals surface area (Å²) in [6.45, 7) is 1.48. The van der Waals surface area contributed by atoms with E-state index in [-0.39, 0.29) is 34.2 Å². The summed E-state index contributed by atoms with van der Waals surface area (Å²) >= 11 is 5.84. The van der Waals surface area contributed by atoms with Crippen molar-refractivity contribution >= 4 is 29.1 Å². The van der Waals surface area contributed by atoms with Gasteiger partial charge in [0.2, 0.25) is 6.20 Å². The lowest BCUT2D eigenvalue weighted by atomic mass is 10.1. The molecule has 0 aliphatic heterocycles. The molecule has 14 heteroatoms. The largest absolute Gasteiger partial charge is 0.573 e. The third-order valence-corrected chi connectivity index (χ3v) is 4.93. The Labute approximate surface area is 205 Å². The van der Waals surface area contributed by atoms with Crippen molar-refractivity contribution in [2.24, 2.45) is 5.73 Å². The molecule has 9 nitrogen and oxygen atoms in total. The van der Waals surface area contributed by atoms with Gasteiger partial charge in [0.1, 0.15) is 17.1 Å². The number of ether oxygens (including phenoxy) is 3. The molecule has 0 fully saturated rings.